The van der Waals surface area contributed by atoms with Gasteiger partial charge in [0.05, 0.1) is 18.3 Å². The molecule has 0 radical (unpaired) electrons. The van der Waals surface area contributed by atoms with E-state index in [2.05, 4.69) is 11.9 Å². The average molecular weight is 348 g/mol. The Morgan fingerprint density at radius 1 is 1.38 bits per heavy atom. The Balaban J connectivity index is 1.85. The van der Waals surface area contributed by atoms with Crippen molar-refractivity contribution in [1.82, 2.24) is 9.55 Å². The summed E-state index contributed by atoms with van der Waals surface area (Å²) < 4.78 is 6.72. The first-order chi connectivity index (χ1) is 11.6. The van der Waals surface area contributed by atoms with Crippen molar-refractivity contribution < 1.29 is 9.53 Å². The van der Waals surface area contributed by atoms with Gasteiger partial charge in [-0.1, -0.05) is 19.8 Å². The first-order valence-electron chi connectivity index (χ1n) is 8.81. The maximum absolute atomic E-state index is 12.9. The molecule has 0 bridgehead atoms. The molecule has 1 atom stereocenters. The minimum Gasteiger partial charge on any atom is -0.464 e. The summed E-state index contributed by atoms with van der Waals surface area (Å²) in [5, 5.41) is 0.711. The van der Waals surface area contributed by atoms with Gasteiger partial charge in [-0.2, -0.15) is 0 Å². The van der Waals surface area contributed by atoms with Crippen LogP contribution in [0.1, 0.15) is 62.4 Å². The summed E-state index contributed by atoms with van der Waals surface area (Å²) >= 11 is 1.62. The van der Waals surface area contributed by atoms with Gasteiger partial charge in [0.15, 0.2) is 0 Å². The van der Waals surface area contributed by atoms with Crippen LogP contribution in [0.4, 0.5) is 0 Å². The monoisotopic (exact) mass is 348 g/mol. The summed E-state index contributed by atoms with van der Waals surface area (Å²) in [5.74, 6) is -0.363. The second-order valence-corrected chi connectivity index (χ2v) is 7.48. The lowest BCUT2D eigenvalue weighted by molar-refractivity contribution is -0.147. The van der Waals surface area contributed by atoms with Crippen molar-refractivity contribution in [1.29, 1.82) is 0 Å². The predicted octanol–water partition coefficient (Wildman–Crippen LogP) is 3.63. The minimum atomic E-state index is -0.643. The van der Waals surface area contributed by atoms with E-state index in [4.69, 9.17) is 4.74 Å². The molecule has 0 aromatic carbocycles. The lowest BCUT2D eigenvalue weighted by Gasteiger charge is -2.14. The van der Waals surface area contributed by atoms with Gasteiger partial charge in [0.1, 0.15) is 10.9 Å². The molecule has 2 heterocycles. The van der Waals surface area contributed by atoms with E-state index >= 15 is 0 Å². The molecule has 1 aliphatic rings. The molecular weight excluding hydrogens is 324 g/mol. The van der Waals surface area contributed by atoms with E-state index in [9.17, 15) is 9.59 Å². The molecule has 0 spiro atoms. The maximum Gasteiger partial charge on any atom is 0.328 e. The zero-order valence-corrected chi connectivity index (χ0v) is 15.2. The Morgan fingerprint density at radius 2 is 2.17 bits per heavy atom. The van der Waals surface area contributed by atoms with Gasteiger partial charge in [-0.15, -0.1) is 11.3 Å². The number of aromatic nitrogens is 2. The van der Waals surface area contributed by atoms with Crippen LogP contribution in [0.15, 0.2) is 11.1 Å². The second kappa shape index (κ2) is 7.47. The van der Waals surface area contributed by atoms with Crippen molar-refractivity contribution in [3.05, 3.63) is 27.1 Å². The van der Waals surface area contributed by atoms with Crippen molar-refractivity contribution in [2.75, 3.05) is 6.61 Å². The van der Waals surface area contributed by atoms with Crippen LogP contribution in [-0.2, 0) is 22.4 Å². The number of carbonyl (C=O) groups excluding carboxylic acids is 1. The van der Waals surface area contributed by atoms with Crippen molar-refractivity contribution in [2.24, 2.45) is 0 Å². The highest BCUT2D eigenvalue weighted by molar-refractivity contribution is 7.18. The predicted molar refractivity (Wildman–Crippen MR) is 95.7 cm³/mol. The third-order valence-corrected chi connectivity index (χ3v) is 5.85. The van der Waals surface area contributed by atoms with Crippen molar-refractivity contribution >= 4 is 27.5 Å². The lowest BCUT2D eigenvalue weighted by atomic mass is 9.97. The van der Waals surface area contributed by atoms with E-state index < -0.39 is 6.04 Å². The number of nitrogens with zero attached hydrogens (tertiary/aromatic N) is 2. The quantitative estimate of drug-likeness (QED) is 0.591. The molecule has 0 saturated heterocycles. The molecule has 0 unspecified atom stereocenters. The number of hydrogen-bond donors (Lipinski definition) is 0. The van der Waals surface area contributed by atoms with E-state index in [1.807, 2.05) is 0 Å². The highest BCUT2D eigenvalue weighted by Crippen LogP contribution is 2.33. The number of ether oxygens (including phenoxy) is 1. The Morgan fingerprint density at radius 3 is 2.96 bits per heavy atom. The number of carbonyl (C=O) groups is 1. The number of aryl methyl sites for hydroxylation is 2. The summed E-state index contributed by atoms with van der Waals surface area (Å²) in [7, 11) is 0. The third kappa shape index (κ3) is 3.24. The highest BCUT2D eigenvalue weighted by atomic mass is 32.1. The number of fused-ring (bicyclic) bond motifs is 3. The zero-order valence-electron chi connectivity index (χ0n) is 14.3. The van der Waals surface area contributed by atoms with E-state index in [0.29, 0.717) is 12.0 Å². The Bertz CT molecular complexity index is 793. The van der Waals surface area contributed by atoms with Gasteiger partial charge in [-0.05, 0) is 44.6 Å². The molecule has 0 N–H and O–H groups in total. The average Bonchev–Trinajstić information content (AvgIpc) is 2.97. The SMILES string of the molecule is CCCCCOC(=O)[C@H](C)n1cnc2sc3c(c2c1=O)CCCC3. The fraction of sp³-hybridized carbons (Fsp3) is 0.611. The first kappa shape index (κ1) is 17.1. The topological polar surface area (TPSA) is 61.2 Å². The minimum absolute atomic E-state index is 0.114. The van der Waals surface area contributed by atoms with Crippen molar-refractivity contribution in [2.45, 2.75) is 64.8 Å². The van der Waals surface area contributed by atoms with Crippen molar-refractivity contribution in [3.8, 4) is 0 Å². The number of hydrogen-bond acceptors (Lipinski definition) is 5. The van der Waals surface area contributed by atoms with Crippen LogP contribution in [0.25, 0.3) is 10.2 Å². The Labute approximate surface area is 145 Å². The molecule has 6 heteroatoms. The molecule has 2 aromatic rings. The molecule has 130 valence electrons. The summed E-state index contributed by atoms with van der Waals surface area (Å²) in [6, 6.07) is -0.643. The van der Waals surface area contributed by atoms with Crippen LogP contribution < -0.4 is 5.56 Å². The van der Waals surface area contributed by atoms with Crippen LogP contribution in [0, 0.1) is 0 Å². The maximum atomic E-state index is 12.9. The first-order valence-corrected chi connectivity index (χ1v) is 9.63. The largest absolute Gasteiger partial charge is 0.464 e. The number of rotatable bonds is 6. The smallest absolute Gasteiger partial charge is 0.328 e. The summed E-state index contributed by atoms with van der Waals surface area (Å²) in [6.07, 6.45) is 8.73. The third-order valence-electron chi connectivity index (χ3n) is 4.65. The molecule has 0 fully saturated rings. The summed E-state index contributed by atoms with van der Waals surface area (Å²) in [4.78, 5) is 31.6. The molecule has 24 heavy (non-hydrogen) atoms. The molecule has 0 saturated carbocycles. The van der Waals surface area contributed by atoms with Gasteiger partial charge in [-0.3, -0.25) is 9.36 Å². The Hall–Kier alpha value is -1.69. The normalized spacial score (nSPS) is 15.2. The summed E-state index contributed by atoms with van der Waals surface area (Å²) in [5.41, 5.74) is 1.04. The van der Waals surface area contributed by atoms with E-state index in [1.54, 1.807) is 18.3 Å². The fourth-order valence-electron chi connectivity index (χ4n) is 3.19. The molecule has 5 nitrogen and oxygen atoms in total. The van der Waals surface area contributed by atoms with Gasteiger partial charge in [0, 0.05) is 4.88 Å². The van der Waals surface area contributed by atoms with E-state index in [0.717, 1.165) is 48.9 Å². The zero-order chi connectivity index (χ0) is 17.1. The van der Waals surface area contributed by atoms with Gasteiger partial charge in [0.2, 0.25) is 0 Å². The molecular formula is C18H24N2O3S. The molecule has 2 aromatic heterocycles. The Kier molecular flexibility index (Phi) is 5.33. The van der Waals surface area contributed by atoms with Crippen LogP contribution in [0.5, 0.6) is 0 Å². The fourth-order valence-corrected chi connectivity index (χ4v) is 4.41. The molecule has 0 amide bonds. The molecule has 1 aliphatic carbocycles. The van der Waals surface area contributed by atoms with Crippen LogP contribution >= 0.6 is 11.3 Å². The second-order valence-electron chi connectivity index (χ2n) is 6.40. The van der Waals surface area contributed by atoms with E-state index in [-0.39, 0.29) is 11.5 Å². The van der Waals surface area contributed by atoms with E-state index in [1.165, 1.54) is 22.2 Å². The van der Waals surface area contributed by atoms with Crippen LogP contribution in [0.2, 0.25) is 0 Å². The number of unbranched alkanes of at least 4 members (excludes halogenated alkanes) is 2. The molecule has 0 aliphatic heterocycles. The van der Waals surface area contributed by atoms with Crippen LogP contribution in [-0.4, -0.2) is 22.1 Å². The highest BCUT2D eigenvalue weighted by Gasteiger charge is 2.23. The van der Waals surface area contributed by atoms with Gasteiger partial charge in [0.25, 0.3) is 5.56 Å². The van der Waals surface area contributed by atoms with Gasteiger partial charge < -0.3 is 4.74 Å². The number of thiophene rings is 1. The van der Waals surface area contributed by atoms with Gasteiger partial charge >= 0.3 is 5.97 Å². The number of esters is 1. The van der Waals surface area contributed by atoms with Crippen LogP contribution in [0.3, 0.4) is 0 Å². The van der Waals surface area contributed by atoms with Gasteiger partial charge in [-0.25, -0.2) is 9.78 Å². The lowest BCUT2D eigenvalue weighted by Crippen LogP contribution is -2.30. The standard InChI is InChI=1S/C18H24N2O3S/c1-3-4-7-10-23-18(22)12(2)20-11-19-16-15(17(20)21)13-8-5-6-9-14(13)24-16/h11-12H,3-10H2,1-2H3/t12-/m0/s1. The summed E-state index contributed by atoms with van der Waals surface area (Å²) in [6.45, 7) is 4.22. The van der Waals surface area contributed by atoms with Crippen molar-refractivity contribution in [3.63, 3.8) is 0 Å². The molecule has 3 rings (SSSR count).